The number of carbonyl (C=O) groups is 2. The molecular weight excluding hydrogens is 384 g/mol. The second kappa shape index (κ2) is 8.00. The number of thiophene rings is 1. The van der Waals surface area contributed by atoms with Crippen molar-refractivity contribution in [3.63, 3.8) is 0 Å². The number of amides is 2. The standard InChI is InChI=1S/C22H26N4O2S/c1-15(2)26-21(27)19(18-5-4-14-29-18)20(22(26)28)23-16-6-8-17(9-7-16)25-12-10-24(3)11-13-25/h4-9,14-15,23H,10-13H2,1-3H3. The zero-order chi connectivity index (χ0) is 20.5. The summed E-state index contributed by atoms with van der Waals surface area (Å²) in [4.78, 5) is 32.8. The molecule has 1 N–H and O–H groups in total. The molecule has 0 bridgehead atoms. The molecule has 6 nitrogen and oxygen atoms in total. The molecular formula is C22H26N4O2S. The van der Waals surface area contributed by atoms with E-state index < -0.39 is 0 Å². The zero-order valence-corrected chi connectivity index (χ0v) is 17.8. The number of rotatable bonds is 5. The Balaban J connectivity index is 1.59. The largest absolute Gasteiger partial charge is 0.369 e. The Hall–Kier alpha value is -2.64. The van der Waals surface area contributed by atoms with Gasteiger partial charge in [0.1, 0.15) is 5.70 Å². The van der Waals surface area contributed by atoms with E-state index in [-0.39, 0.29) is 17.9 Å². The lowest BCUT2D eigenvalue weighted by Crippen LogP contribution is -2.44. The first-order valence-corrected chi connectivity index (χ1v) is 10.8. The van der Waals surface area contributed by atoms with Crippen LogP contribution in [-0.2, 0) is 9.59 Å². The lowest BCUT2D eigenvalue weighted by atomic mass is 10.1. The second-order valence-electron chi connectivity index (χ2n) is 7.76. The van der Waals surface area contributed by atoms with E-state index in [1.807, 2.05) is 43.5 Å². The Bertz CT molecular complexity index is 926. The van der Waals surface area contributed by atoms with E-state index >= 15 is 0 Å². The second-order valence-corrected chi connectivity index (χ2v) is 8.71. The van der Waals surface area contributed by atoms with Gasteiger partial charge in [0.05, 0.1) is 5.57 Å². The molecule has 2 aromatic rings. The van der Waals surface area contributed by atoms with Crippen LogP contribution in [0.1, 0.15) is 18.7 Å². The van der Waals surface area contributed by atoms with Crippen LogP contribution in [0, 0.1) is 0 Å². The molecule has 3 heterocycles. The molecule has 4 rings (SSSR count). The van der Waals surface area contributed by atoms with Gasteiger partial charge in [-0.05, 0) is 56.6 Å². The summed E-state index contributed by atoms with van der Waals surface area (Å²) < 4.78 is 0. The van der Waals surface area contributed by atoms with E-state index in [0.717, 1.165) is 36.7 Å². The maximum atomic E-state index is 13.0. The predicted molar refractivity (Wildman–Crippen MR) is 118 cm³/mol. The van der Waals surface area contributed by atoms with Crippen molar-refractivity contribution < 1.29 is 9.59 Å². The number of piperazine rings is 1. The molecule has 29 heavy (non-hydrogen) atoms. The number of nitrogens with one attached hydrogen (secondary N) is 1. The van der Waals surface area contributed by atoms with Crippen molar-refractivity contribution in [1.29, 1.82) is 0 Å². The van der Waals surface area contributed by atoms with Gasteiger partial charge in [-0.15, -0.1) is 11.3 Å². The monoisotopic (exact) mass is 410 g/mol. The average molecular weight is 411 g/mol. The highest BCUT2D eigenvalue weighted by Gasteiger charge is 2.40. The number of imide groups is 1. The molecule has 1 aromatic heterocycles. The summed E-state index contributed by atoms with van der Waals surface area (Å²) in [5.41, 5.74) is 2.80. The Kier molecular flexibility index (Phi) is 5.43. The molecule has 0 saturated carbocycles. The van der Waals surface area contributed by atoms with Gasteiger partial charge in [-0.25, -0.2) is 0 Å². The topological polar surface area (TPSA) is 55.9 Å². The maximum absolute atomic E-state index is 13.0. The van der Waals surface area contributed by atoms with Crippen LogP contribution >= 0.6 is 11.3 Å². The van der Waals surface area contributed by atoms with Crippen molar-refractivity contribution in [2.45, 2.75) is 19.9 Å². The highest BCUT2D eigenvalue weighted by molar-refractivity contribution is 7.11. The van der Waals surface area contributed by atoms with Crippen LogP contribution in [0.5, 0.6) is 0 Å². The number of anilines is 2. The fourth-order valence-corrected chi connectivity index (χ4v) is 4.51. The number of benzene rings is 1. The van der Waals surface area contributed by atoms with Gasteiger partial charge in [-0.3, -0.25) is 14.5 Å². The minimum Gasteiger partial charge on any atom is -0.369 e. The Morgan fingerprint density at radius 3 is 2.24 bits per heavy atom. The summed E-state index contributed by atoms with van der Waals surface area (Å²) in [7, 11) is 2.14. The predicted octanol–water partition coefficient (Wildman–Crippen LogP) is 3.10. The van der Waals surface area contributed by atoms with Crippen LogP contribution in [0.4, 0.5) is 11.4 Å². The molecule has 1 saturated heterocycles. The smallest absolute Gasteiger partial charge is 0.278 e. The van der Waals surface area contributed by atoms with Crippen LogP contribution in [-0.4, -0.2) is 60.9 Å². The van der Waals surface area contributed by atoms with Gasteiger partial charge in [-0.1, -0.05) is 6.07 Å². The lowest BCUT2D eigenvalue weighted by molar-refractivity contribution is -0.138. The van der Waals surface area contributed by atoms with Crippen LogP contribution < -0.4 is 10.2 Å². The van der Waals surface area contributed by atoms with Crippen LogP contribution in [0.2, 0.25) is 0 Å². The first-order chi connectivity index (χ1) is 14.0. The van der Waals surface area contributed by atoms with E-state index in [2.05, 4.69) is 34.3 Å². The van der Waals surface area contributed by atoms with Gasteiger partial charge in [0.25, 0.3) is 11.8 Å². The zero-order valence-electron chi connectivity index (χ0n) is 17.0. The number of nitrogens with zero attached hydrogens (tertiary/aromatic N) is 3. The first kappa shape index (κ1) is 19.7. The number of carbonyl (C=O) groups excluding carboxylic acids is 2. The fraction of sp³-hybridized carbons (Fsp3) is 0.364. The number of hydrogen-bond donors (Lipinski definition) is 1. The van der Waals surface area contributed by atoms with E-state index in [1.54, 1.807) is 0 Å². The average Bonchev–Trinajstić information content (AvgIpc) is 3.30. The van der Waals surface area contributed by atoms with E-state index in [1.165, 1.54) is 21.9 Å². The summed E-state index contributed by atoms with van der Waals surface area (Å²) in [6.45, 7) is 7.84. The Morgan fingerprint density at radius 1 is 0.966 bits per heavy atom. The minimum absolute atomic E-state index is 0.191. The highest BCUT2D eigenvalue weighted by Crippen LogP contribution is 2.34. The van der Waals surface area contributed by atoms with Crippen LogP contribution in [0.15, 0.2) is 47.5 Å². The third kappa shape index (κ3) is 3.80. The van der Waals surface area contributed by atoms with Crippen molar-refractivity contribution in [2.24, 2.45) is 0 Å². The molecule has 0 spiro atoms. The highest BCUT2D eigenvalue weighted by atomic mass is 32.1. The molecule has 1 aromatic carbocycles. The molecule has 0 radical (unpaired) electrons. The van der Waals surface area contributed by atoms with Gasteiger partial charge in [0, 0.05) is 48.5 Å². The molecule has 2 amide bonds. The molecule has 0 atom stereocenters. The lowest BCUT2D eigenvalue weighted by Gasteiger charge is -2.34. The summed E-state index contributed by atoms with van der Waals surface area (Å²) in [6, 6.07) is 11.7. The number of likely N-dealkylation sites (N-methyl/N-ethyl adjacent to an activating group) is 1. The summed E-state index contributed by atoms with van der Waals surface area (Å²) in [5.74, 6) is -0.499. The van der Waals surface area contributed by atoms with E-state index in [0.29, 0.717) is 11.3 Å². The van der Waals surface area contributed by atoms with Gasteiger partial charge >= 0.3 is 0 Å². The molecule has 1 fully saturated rings. The summed E-state index contributed by atoms with van der Waals surface area (Å²) >= 11 is 1.47. The van der Waals surface area contributed by atoms with Gasteiger partial charge in [-0.2, -0.15) is 0 Å². The molecule has 2 aliphatic rings. The Labute approximate surface area is 175 Å². The molecule has 0 unspecified atom stereocenters. The molecule has 152 valence electrons. The summed E-state index contributed by atoms with van der Waals surface area (Å²) in [6.07, 6.45) is 0. The minimum atomic E-state index is -0.267. The third-order valence-electron chi connectivity index (χ3n) is 5.40. The third-order valence-corrected chi connectivity index (χ3v) is 6.29. The van der Waals surface area contributed by atoms with Crippen molar-refractivity contribution >= 4 is 40.1 Å². The van der Waals surface area contributed by atoms with E-state index in [9.17, 15) is 9.59 Å². The first-order valence-electron chi connectivity index (χ1n) is 9.92. The molecule has 0 aliphatic carbocycles. The maximum Gasteiger partial charge on any atom is 0.278 e. The van der Waals surface area contributed by atoms with Gasteiger partial charge in [0.15, 0.2) is 0 Å². The van der Waals surface area contributed by atoms with Crippen molar-refractivity contribution in [3.8, 4) is 0 Å². The van der Waals surface area contributed by atoms with Crippen LogP contribution in [0.25, 0.3) is 5.57 Å². The van der Waals surface area contributed by atoms with E-state index in [4.69, 9.17) is 0 Å². The van der Waals surface area contributed by atoms with Crippen molar-refractivity contribution in [2.75, 3.05) is 43.4 Å². The Morgan fingerprint density at radius 2 is 1.66 bits per heavy atom. The van der Waals surface area contributed by atoms with Gasteiger partial charge in [0.2, 0.25) is 0 Å². The van der Waals surface area contributed by atoms with Gasteiger partial charge < -0.3 is 15.1 Å². The molecule has 7 heteroatoms. The normalized spacial score (nSPS) is 18.3. The van der Waals surface area contributed by atoms with Crippen molar-refractivity contribution in [1.82, 2.24) is 9.80 Å². The SMILES string of the molecule is CC(C)N1C(=O)C(Nc2ccc(N3CCN(C)CC3)cc2)=C(c2cccs2)C1=O. The fourth-order valence-electron chi connectivity index (χ4n) is 3.75. The summed E-state index contributed by atoms with van der Waals surface area (Å²) in [5, 5.41) is 5.15. The van der Waals surface area contributed by atoms with Crippen LogP contribution in [0.3, 0.4) is 0 Å². The molecule has 2 aliphatic heterocycles. The quantitative estimate of drug-likeness (QED) is 0.768. The number of hydrogen-bond acceptors (Lipinski definition) is 6. The van der Waals surface area contributed by atoms with Crippen molar-refractivity contribution in [3.05, 3.63) is 52.4 Å².